The molecule has 3 heterocycles. The first-order valence-electron chi connectivity index (χ1n) is 8.86. The Labute approximate surface area is 153 Å². The number of aromatic nitrogens is 2. The monoisotopic (exact) mass is 355 g/mol. The van der Waals surface area contributed by atoms with Gasteiger partial charge in [0, 0.05) is 37.7 Å². The summed E-state index contributed by atoms with van der Waals surface area (Å²) in [5.41, 5.74) is 7.17. The maximum Gasteiger partial charge on any atom is 0.225 e. The largest absolute Gasteiger partial charge is 0.497 e. The van der Waals surface area contributed by atoms with Crippen LogP contribution < -0.4 is 20.1 Å². The molecule has 0 unspecified atom stereocenters. The SMILES string of the molecule is COc1ccc([C@H]2[C@@H]3CN(c4cc(OC)nc(N)n4)C[C@@H]3CN2C)cc1. The molecule has 7 nitrogen and oxygen atoms in total. The van der Waals surface area contributed by atoms with E-state index in [9.17, 15) is 0 Å². The van der Waals surface area contributed by atoms with Gasteiger partial charge in [-0.15, -0.1) is 0 Å². The third-order valence-corrected chi connectivity index (χ3v) is 5.59. The number of ether oxygens (including phenoxy) is 2. The van der Waals surface area contributed by atoms with Crippen molar-refractivity contribution in [3.05, 3.63) is 35.9 Å². The van der Waals surface area contributed by atoms with E-state index in [4.69, 9.17) is 15.2 Å². The minimum atomic E-state index is 0.250. The molecule has 2 saturated heterocycles. The summed E-state index contributed by atoms with van der Waals surface area (Å²) in [4.78, 5) is 13.3. The molecule has 2 fully saturated rings. The number of nitrogens with two attached hydrogens (primary N) is 1. The van der Waals surface area contributed by atoms with Gasteiger partial charge in [-0.05, 0) is 30.7 Å². The zero-order chi connectivity index (χ0) is 18.3. The zero-order valence-electron chi connectivity index (χ0n) is 15.4. The van der Waals surface area contributed by atoms with Gasteiger partial charge < -0.3 is 20.1 Å². The molecule has 2 N–H and O–H groups in total. The molecule has 0 radical (unpaired) electrons. The van der Waals surface area contributed by atoms with Crippen LogP contribution in [0.25, 0.3) is 0 Å². The van der Waals surface area contributed by atoms with Crippen LogP contribution in [0, 0.1) is 11.8 Å². The third-order valence-electron chi connectivity index (χ3n) is 5.59. The second-order valence-corrected chi connectivity index (χ2v) is 7.11. The highest BCUT2D eigenvalue weighted by Crippen LogP contribution is 2.45. The van der Waals surface area contributed by atoms with Gasteiger partial charge in [0.25, 0.3) is 0 Å². The second kappa shape index (κ2) is 6.64. The van der Waals surface area contributed by atoms with Gasteiger partial charge in [0.05, 0.1) is 14.2 Å². The molecule has 7 heteroatoms. The van der Waals surface area contributed by atoms with Crippen LogP contribution >= 0.6 is 0 Å². The number of hydrogen-bond donors (Lipinski definition) is 1. The Balaban J connectivity index is 1.57. The van der Waals surface area contributed by atoms with Gasteiger partial charge in [-0.1, -0.05) is 12.1 Å². The van der Waals surface area contributed by atoms with E-state index in [0.29, 0.717) is 23.8 Å². The molecule has 0 spiro atoms. The molecule has 2 aliphatic heterocycles. The van der Waals surface area contributed by atoms with E-state index in [1.165, 1.54) is 5.56 Å². The Bertz CT molecular complexity index is 782. The summed E-state index contributed by atoms with van der Waals surface area (Å²) in [6, 6.07) is 10.7. The zero-order valence-corrected chi connectivity index (χ0v) is 15.4. The van der Waals surface area contributed by atoms with Crippen LogP contribution in [-0.4, -0.2) is 55.8 Å². The van der Waals surface area contributed by atoms with Crippen molar-refractivity contribution >= 4 is 11.8 Å². The van der Waals surface area contributed by atoms with Gasteiger partial charge in [-0.3, -0.25) is 4.90 Å². The first kappa shape index (κ1) is 16.9. The number of nitrogens with zero attached hydrogens (tertiary/aromatic N) is 4. The standard InChI is InChI=1S/C19H25N5O2/c1-23-9-13-10-24(16-8-17(26-3)22-19(20)21-16)11-15(13)18(23)12-4-6-14(25-2)7-5-12/h4-8,13,15,18H,9-11H2,1-3H3,(H2,20,21,22)/t13-,15+,18-/m0/s1. The Kier molecular flexibility index (Phi) is 4.32. The summed E-state index contributed by atoms with van der Waals surface area (Å²) in [5.74, 6) is 3.65. The van der Waals surface area contributed by atoms with Gasteiger partial charge in [0.1, 0.15) is 11.6 Å². The Morgan fingerprint density at radius 1 is 1.04 bits per heavy atom. The van der Waals surface area contributed by atoms with E-state index in [1.807, 2.05) is 18.2 Å². The van der Waals surface area contributed by atoms with Crippen LogP contribution in [0.5, 0.6) is 11.6 Å². The highest BCUT2D eigenvalue weighted by Gasteiger charge is 2.46. The lowest BCUT2D eigenvalue weighted by Crippen LogP contribution is -2.29. The molecule has 0 amide bonds. The van der Waals surface area contributed by atoms with E-state index < -0.39 is 0 Å². The Hall–Kier alpha value is -2.54. The van der Waals surface area contributed by atoms with Crippen LogP contribution in [0.4, 0.5) is 11.8 Å². The average Bonchev–Trinajstić information content (AvgIpc) is 3.18. The molecule has 2 aromatic rings. The molecular weight excluding hydrogens is 330 g/mol. The average molecular weight is 355 g/mol. The predicted octanol–water partition coefficient (Wildman–Crippen LogP) is 1.82. The topological polar surface area (TPSA) is 76.7 Å². The van der Waals surface area contributed by atoms with E-state index >= 15 is 0 Å². The maximum atomic E-state index is 5.84. The molecule has 0 aliphatic carbocycles. The lowest BCUT2D eigenvalue weighted by atomic mass is 9.89. The Morgan fingerprint density at radius 2 is 1.81 bits per heavy atom. The van der Waals surface area contributed by atoms with Crippen molar-refractivity contribution in [3.8, 4) is 11.6 Å². The molecule has 138 valence electrons. The highest BCUT2D eigenvalue weighted by atomic mass is 16.5. The number of methoxy groups -OCH3 is 2. The third kappa shape index (κ3) is 2.92. The quantitative estimate of drug-likeness (QED) is 0.896. The minimum absolute atomic E-state index is 0.250. The molecule has 3 atom stereocenters. The van der Waals surface area contributed by atoms with E-state index in [-0.39, 0.29) is 5.95 Å². The van der Waals surface area contributed by atoms with Crippen molar-refractivity contribution < 1.29 is 9.47 Å². The summed E-state index contributed by atoms with van der Waals surface area (Å²) in [7, 11) is 5.51. The summed E-state index contributed by atoms with van der Waals surface area (Å²) >= 11 is 0. The van der Waals surface area contributed by atoms with Crippen LogP contribution in [0.15, 0.2) is 30.3 Å². The molecule has 1 aromatic carbocycles. The van der Waals surface area contributed by atoms with E-state index in [1.54, 1.807) is 14.2 Å². The molecule has 1 aromatic heterocycles. The number of benzene rings is 1. The van der Waals surface area contributed by atoms with Crippen LogP contribution in [0.1, 0.15) is 11.6 Å². The summed E-state index contributed by atoms with van der Waals surface area (Å²) in [6.45, 7) is 3.00. The van der Waals surface area contributed by atoms with Crippen LogP contribution in [0.3, 0.4) is 0 Å². The van der Waals surface area contributed by atoms with Crippen molar-refractivity contribution in [2.45, 2.75) is 6.04 Å². The number of rotatable bonds is 4. The first-order chi connectivity index (χ1) is 12.6. The minimum Gasteiger partial charge on any atom is -0.497 e. The summed E-state index contributed by atoms with van der Waals surface area (Å²) < 4.78 is 10.5. The van der Waals surface area contributed by atoms with Gasteiger partial charge in [-0.2, -0.15) is 9.97 Å². The van der Waals surface area contributed by atoms with Crippen LogP contribution in [-0.2, 0) is 0 Å². The van der Waals surface area contributed by atoms with Crippen molar-refractivity contribution in [3.63, 3.8) is 0 Å². The normalized spacial score (nSPS) is 25.3. The van der Waals surface area contributed by atoms with E-state index in [0.717, 1.165) is 31.2 Å². The molecule has 0 saturated carbocycles. The molecule has 0 bridgehead atoms. The second-order valence-electron chi connectivity index (χ2n) is 7.11. The maximum absolute atomic E-state index is 5.84. The number of anilines is 2. The van der Waals surface area contributed by atoms with Gasteiger partial charge in [0.15, 0.2) is 0 Å². The molecule has 26 heavy (non-hydrogen) atoms. The summed E-state index contributed by atoms with van der Waals surface area (Å²) in [6.07, 6.45) is 0. The van der Waals surface area contributed by atoms with Gasteiger partial charge in [-0.25, -0.2) is 0 Å². The van der Waals surface area contributed by atoms with E-state index in [2.05, 4.69) is 38.9 Å². The fourth-order valence-electron chi connectivity index (χ4n) is 4.44. The predicted molar refractivity (Wildman–Crippen MR) is 101 cm³/mol. The van der Waals surface area contributed by atoms with Crippen molar-refractivity contribution in [2.24, 2.45) is 11.8 Å². The highest BCUT2D eigenvalue weighted by molar-refractivity contribution is 5.47. The van der Waals surface area contributed by atoms with Crippen molar-refractivity contribution in [1.29, 1.82) is 0 Å². The Morgan fingerprint density at radius 3 is 2.50 bits per heavy atom. The molecular formula is C19H25N5O2. The number of likely N-dealkylation sites (tertiary alicyclic amines) is 1. The van der Waals surface area contributed by atoms with Crippen LogP contribution in [0.2, 0.25) is 0 Å². The number of nitrogen functional groups attached to an aromatic ring is 1. The summed E-state index contributed by atoms with van der Waals surface area (Å²) in [5, 5.41) is 0. The van der Waals surface area contributed by atoms with Crippen molar-refractivity contribution in [1.82, 2.24) is 14.9 Å². The van der Waals surface area contributed by atoms with Gasteiger partial charge >= 0.3 is 0 Å². The molecule has 4 rings (SSSR count). The lowest BCUT2D eigenvalue weighted by molar-refractivity contribution is 0.279. The number of fused-ring (bicyclic) bond motifs is 1. The molecule has 2 aliphatic rings. The fraction of sp³-hybridized carbons (Fsp3) is 0.474. The number of hydrogen-bond acceptors (Lipinski definition) is 7. The first-order valence-corrected chi connectivity index (χ1v) is 8.86. The van der Waals surface area contributed by atoms with Gasteiger partial charge in [0.2, 0.25) is 11.8 Å². The smallest absolute Gasteiger partial charge is 0.225 e. The lowest BCUT2D eigenvalue weighted by Gasteiger charge is -2.27. The van der Waals surface area contributed by atoms with Crippen molar-refractivity contribution in [2.75, 3.05) is 51.5 Å². The fourth-order valence-corrected chi connectivity index (χ4v) is 4.44.